The fourth-order valence-corrected chi connectivity index (χ4v) is 2.50. The second-order valence-electron chi connectivity index (χ2n) is 4.68. The summed E-state index contributed by atoms with van der Waals surface area (Å²) in [6.45, 7) is 1.14. The molecule has 1 heterocycles. The van der Waals surface area contributed by atoms with Gasteiger partial charge in [-0.1, -0.05) is 0 Å². The van der Waals surface area contributed by atoms with Crippen LogP contribution in [0.3, 0.4) is 0 Å². The maximum atomic E-state index is 12.7. The number of carbonyl (C=O) groups excluding carboxylic acids is 3. The van der Waals surface area contributed by atoms with Crippen molar-refractivity contribution in [2.75, 3.05) is 13.2 Å². The van der Waals surface area contributed by atoms with Crippen LogP contribution in [0.1, 0.15) is 24.9 Å². The molecule has 2 rings (SSSR count). The Morgan fingerprint density at radius 1 is 1.13 bits per heavy atom. The molecule has 0 saturated carbocycles. The third-order valence-electron chi connectivity index (χ3n) is 2.88. The van der Waals surface area contributed by atoms with E-state index in [0.717, 1.165) is 17.0 Å². The van der Waals surface area contributed by atoms with E-state index in [1.807, 2.05) is 13.0 Å². The second kappa shape index (κ2) is 7.64. The minimum atomic E-state index is -0.720. The number of benzene rings is 1. The minimum Gasteiger partial charge on any atom is -0.456 e. The van der Waals surface area contributed by atoms with Crippen molar-refractivity contribution >= 4 is 29.0 Å². The van der Waals surface area contributed by atoms with Crippen LogP contribution in [0.5, 0.6) is 0 Å². The zero-order valence-corrected chi connectivity index (χ0v) is 13.1. The quantitative estimate of drug-likeness (QED) is 0.650. The molecule has 0 radical (unpaired) electrons. The van der Waals surface area contributed by atoms with Crippen molar-refractivity contribution in [1.29, 1.82) is 0 Å². The molecule has 0 aliphatic rings. The minimum absolute atomic E-state index is 0.226. The highest BCUT2D eigenvalue weighted by molar-refractivity contribution is 7.14. The number of hydrogen-bond donors (Lipinski definition) is 1. The average molecular weight is 335 g/mol. The maximum Gasteiger partial charge on any atom is 0.325 e. The van der Waals surface area contributed by atoms with Crippen LogP contribution in [0.15, 0.2) is 36.4 Å². The van der Waals surface area contributed by atoms with Gasteiger partial charge < -0.3 is 10.1 Å². The van der Waals surface area contributed by atoms with Crippen molar-refractivity contribution in [2.24, 2.45) is 0 Å². The third-order valence-corrected chi connectivity index (χ3v) is 3.92. The lowest BCUT2D eigenvalue weighted by atomic mass is 10.2. The number of thiophene rings is 1. The Hall–Kier alpha value is -2.54. The molecular formula is C16H14FNO4S. The van der Waals surface area contributed by atoms with Crippen molar-refractivity contribution in [3.8, 4) is 0 Å². The lowest BCUT2D eigenvalue weighted by Crippen LogP contribution is -2.31. The molecule has 5 nitrogen and oxygen atoms in total. The molecule has 23 heavy (non-hydrogen) atoms. The molecule has 1 aromatic carbocycles. The number of hydrogen-bond acceptors (Lipinski definition) is 5. The van der Waals surface area contributed by atoms with E-state index in [1.165, 1.54) is 23.5 Å². The summed E-state index contributed by atoms with van der Waals surface area (Å²) < 4.78 is 17.6. The predicted molar refractivity (Wildman–Crippen MR) is 83.1 cm³/mol. The summed E-state index contributed by atoms with van der Waals surface area (Å²) >= 11 is 1.32. The molecule has 2 aromatic rings. The number of ketones is 1. The first-order chi connectivity index (χ1) is 11.0. The summed E-state index contributed by atoms with van der Waals surface area (Å²) in [7, 11) is 0. The molecule has 1 amide bonds. The van der Waals surface area contributed by atoms with Crippen LogP contribution in [0, 0.1) is 12.7 Å². The van der Waals surface area contributed by atoms with E-state index in [1.54, 1.807) is 6.07 Å². The topological polar surface area (TPSA) is 72.5 Å². The highest BCUT2D eigenvalue weighted by atomic mass is 32.1. The number of nitrogens with one attached hydrogen (secondary N) is 1. The Kier molecular flexibility index (Phi) is 5.59. The number of halogens is 1. The molecule has 0 atom stereocenters. The molecule has 0 saturated heterocycles. The number of carbonyl (C=O) groups is 3. The average Bonchev–Trinajstić information content (AvgIpc) is 2.97. The molecule has 0 unspecified atom stereocenters. The lowest BCUT2D eigenvalue weighted by molar-refractivity contribution is -0.141. The van der Waals surface area contributed by atoms with Crippen molar-refractivity contribution < 1.29 is 23.5 Å². The van der Waals surface area contributed by atoms with E-state index in [4.69, 9.17) is 4.74 Å². The van der Waals surface area contributed by atoms with Crippen LogP contribution in [0.2, 0.25) is 0 Å². The Morgan fingerprint density at radius 2 is 1.83 bits per heavy atom. The molecule has 0 aliphatic heterocycles. The van der Waals surface area contributed by atoms with E-state index >= 15 is 0 Å². The fraction of sp³-hybridized carbons (Fsp3) is 0.188. The van der Waals surface area contributed by atoms with Gasteiger partial charge in [0.1, 0.15) is 12.4 Å². The van der Waals surface area contributed by atoms with Crippen LogP contribution in [0.25, 0.3) is 0 Å². The zero-order chi connectivity index (χ0) is 16.8. The van der Waals surface area contributed by atoms with Crippen molar-refractivity contribution in [1.82, 2.24) is 5.32 Å². The molecule has 0 fully saturated rings. The molecule has 7 heteroatoms. The standard InChI is InChI=1S/C16H14FNO4S/c1-10-2-7-14(23-10)13(19)9-22-15(20)8-18-16(21)11-3-5-12(17)6-4-11/h2-7H,8-9H2,1H3,(H,18,21). The first kappa shape index (κ1) is 16.8. The Labute approximate surface area is 136 Å². The van der Waals surface area contributed by atoms with Gasteiger partial charge in [-0.25, -0.2) is 4.39 Å². The van der Waals surface area contributed by atoms with Crippen molar-refractivity contribution in [3.63, 3.8) is 0 Å². The highest BCUT2D eigenvalue weighted by Crippen LogP contribution is 2.15. The van der Waals surface area contributed by atoms with Gasteiger partial charge in [0, 0.05) is 10.4 Å². The van der Waals surface area contributed by atoms with Crippen LogP contribution in [-0.4, -0.2) is 30.8 Å². The van der Waals surface area contributed by atoms with E-state index in [0.29, 0.717) is 4.88 Å². The van der Waals surface area contributed by atoms with Gasteiger partial charge in [0.2, 0.25) is 5.78 Å². The zero-order valence-electron chi connectivity index (χ0n) is 12.3. The van der Waals surface area contributed by atoms with Crippen LogP contribution in [0.4, 0.5) is 4.39 Å². The van der Waals surface area contributed by atoms with E-state index in [2.05, 4.69) is 5.32 Å². The second-order valence-corrected chi connectivity index (χ2v) is 5.97. The van der Waals surface area contributed by atoms with Gasteiger partial charge in [-0.2, -0.15) is 0 Å². The normalized spacial score (nSPS) is 10.2. The van der Waals surface area contributed by atoms with Crippen LogP contribution >= 0.6 is 11.3 Å². The van der Waals surface area contributed by atoms with Gasteiger partial charge in [0.05, 0.1) is 4.88 Å². The molecule has 120 valence electrons. The Bertz CT molecular complexity index is 724. The van der Waals surface area contributed by atoms with Gasteiger partial charge in [0.15, 0.2) is 6.61 Å². The summed E-state index contributed by atoms with van der Waals surface area (Å²) in [6, 6.07) is 8.39. The monoisotopic (exact) mass is 335 g/mol. The molecule has 0 aliphatic carbocycles. The van der Waals surface area contributed by atoms with Crippen molar-refractivity contribution in [3.05, 3.63) is 57.5 Å². The van der Waals surface area contributed by atoms with Crippen LogP contribution < -0.4 is 5.32 Å². The van der Waals surface area contributed by atoms with E-state index in [9.17, 15) is 18.8 Å². The Morgan fingerprint density at radius 3 is 2.43 bits per heavy atom. The maximum absolute atomic E-state index is 12.7. The molecule has 0 bridgehead atoms. The number of Topliss-reactive ketones (excluding diaryl/α,β-unsaturated/α-hetero) is 1. The number of rotatable bonds is 6. The van der Waals surface area contributed by atoms with Gasteiger partial charge in [-0.05, 0) is 43.3 Å². The number of amides is 1. The van der Waals surface area contributed by atoms with Crippen molar-refractivity contribution in [2.45, 2.75) is 6.92 Å². The third kappa shape index (κ3) is 5.00. The predicted octanol–water partition coefficient (Wildman–Crippen LogP) is 2.35. The van der Waals surface area contributed by atoms with E-state index in [-0.39, 0.29) is 24.5 Å². The largest absolute Gasteiger partial charge is 0.456 e. The highest BCUT2D eigenvalue weighted by Gasteiger charge is 2.13. The van der Waals surface area contributed by atoms with Gasteiger partial charge in [-0.3, -0.25) is 14.4 Å². The lowest BCUT2D eigenvalue weighted by Gasteiger charge is -2.06. The summed E-state index contributed by atoms with van der Waals surface area (Å²) in [5.74, 6) is -1.99. The fourth-order valence-electron chi connectivity index (χ4n) is 1.71. The first-order valence-corrected chi connectivity index (χ1v) is 7.56. The molecule has 0 spiro atoms. The van der Waals surface area contributed by atoms with Gasteiger partial charge >= 0.3 is 5.97 Å². The summed E-state index contributed by atoms with van der Waals surface area (Å²) in [6.07, 6.45) is 0. The first-order valence-electron chi connectivity index (χ1n) is 6.75. The number of ether oxygens (including phenoxy) is 1. The van der Waals surface area contributed by atoms with E-state index < -0.39 is 17.7 Å². The van der Waals surface area contributed by atoms with Crippen LogP contribution in [-0.2, 0) is 9.53 Å². The summed E-state index contributed by atoms with van der Waals surface area (Å²) in [5.41, 5.74) is 0.226. The molecule has 1 N–H and O–H groups in total. The number of aryl methyl sites for hydroxylation is 1. The summed E-state index contributed by atoms with van der Waals surface area (Å²) in [4.78, 5) is 36.5. The molecule has 1 aromatic heterocycles. The van der Waals surface area contributed by atoms with Gasteiger partial charge in [-0.15, -0.1) is 11.3 Å². The smallest absolute Gasteiger partial charge is 0.325 e. The Balaban J connectivity index is 1.75. The van der Waals surface area contributed by atoms with Gasteiger partial charge in [0.25, 0.3) is 5.91 Å². The number of esters is 1. The summed E-state index contributed by atoms with van der Waals surface area (Å²) in [5, 5.41) is 2.34. The molecular weight excluding hydrogens is 321 g/mol. The SMILES string of the molecule is Cc1ccc(C(=O)COC(=O)CNC(=O)c2ccc(F)cc2)s1.